The van der Waals surface area contributed by atoms with E-state index in [-0.39, 0.29) is 17.2 Å². The molecule has 2 aromatic rings. The van der Waals surface area contributed by atoms with Gasteiger partial charge in [0.15, 0.2) is 0 Å². The Morgan fingerprint density at radius 2 is 1.62 bits per heavy atom. The van der Waals surface area contributed by atoms with E-state index in [1.165, 1.54) is 5.56 Å². The van der Waals surface area contributed by atoms with Crippen LogP contribution >= 0.6 is 11.8 Å². The zero-order valence-corrected chi connectivity index (χ0v) is 13.5. The van der Waals surface area contributed by atoms with Gasteiger partial charge in [-0.05, 0) is 38.5 Å². The fourth-order valence-corrected chi connectivity index (χ4v) is 2.91. The van der Waals surface area contributed by atoms with Gasteiger partial charge in [0.25, 0.3) is 0 Å². The quantitative estimate of drug-likeness (QED) is 0.831. The van der Waals surface area contributed by atoms with Crippen LogP contribution in [0.2, 0.25) is 0 Å². The molecule has 1 amide bonds. The van der Waals surface area contributed by atoms with Crippen molar-refractivity contribution >= 4 is 17.7 Å². The van der Waals surface area contributed by atoms with E-state index in [1.807, 2.05) is 44.2 Å². The summed E-state index contributed by atoms with van der Waals surface area (Å²) in [6.45, 7) is 6.01. The molecule has 0 bridgehead atoms. The molecule has 0 radical (unpaired) electrons. The first-order valence-electron chi connectivity index (χ1n) is 7.15. The molecule has 0 aliphatic carbocycles. The highest BCUT2D eigenvalue weighted by Crippen LogP contribution is 2.24. The number of benzene rings is 2. The average molecular weight is 299 g/mol. The first-order chi connectivity index (χ1) is 10.1. The summed E-state index contributed by atoms with van der Waals surface area (Å²) in [5.41, 5.74) is 2.35. The zero-order chi connectivity index (χ0) is 15.2. The van der Waals surface area contributed by atoms with E-state index in [1.54, 1.807) is 11.8 Å². The molecule has 0 unspecified atom stereocenters. The smallest absolute Gasteiger partial charge is 0.233 e. The molecule has 0 aromatic heterocycles. The summed E-state index contributed by atoms with van der Waals surface area (Å²) in [6.07, 6.45) is 0. The van der Waals surface area contributed by atoms with Crippen LogP contribution in [-0.4, -0.2) is 11.2 Å². The van der Waals surface area contributed by atoms with Crippen LogP contribution in [0.5, 0.6) is 0 Å². The zero-order valence-electron chi connectivity index (χ0n) is 12.7. The van der Waals surface area contributed by atoms with Crippen molar-refractivity contribution in [2.75, 3.05) is 0 Å². The van der Waals surface area contributed by atoms with Gasteiger partial charge in [-0.1, -0.05) is 48.0 Å². The molecule has 0 fully saturated rings. The molecule has 0 saturated heterocycles. The Morgan fingerprint density at radius 3 is 2.24 bits per heavy atom. The van der Waals surface area contributed by atoms with Crippen molar-refractivity contribution in [1.29, 1.82) is 0 Å². The number of carbonyl (C=O) groups is 1. The largest absolute Gasteiger partial charge is 0.349 e. The standard InChI is InChI=1S/C18H21NOS/c1-13-9-11-17(12-10-13)21-15(3)18(20)19-14(2)16-7-5-4-6-8-16/h4-12,14-15H,1-3H3,(H,19,20)/t14-,15-/m1/s1. The lowest BCUT2D eigenvalue weighted by molar-refractivity contribution is -0.120. The first-order valence-corrected chi connectivity index (χ1v) is 8.03. The summed E-state index contributed by atoms with van der Waals surface area (Å²) in [6, 6.07) is 18.3. The highest BCUT2D eigenvalue weighted by atomic mass is 32.2. The second-order valence-electron chi connectivity index (χ2n) is 5.21. The van der Waals surface area contributed by atoms with Crippen LogP contribution in [0, 0.1) is 6.92 Å². The number of hydrogen-bond acceptors (Lipinski definition) is 2. The van der Waals surface area contributed by atoms with Gasteiger partial charge < -0.3 is 5.32 Å². The number of amides is 1. The Hall–Kier alpha value is -1.74. The molecule has 2 atom stereocenters. The summed E-state index contributed by atoms with van der Waals surface area (Å²) in [4.78, 5) is 13.4. The van der Waals surface area contributed by atoms with Gasteiger partial charge in [-0.15, -0.1) is 11.8 Å². The summed E-state index contributed by atoms with van der Waals surface area (Å²) in [5, 5.41) is 2.96. The monoisotopic (exact) mass is 299 g/mol. The van der Waals surface area contributed by atoms with Crippen LogP contribution in [0.15, 0.2) is 59.5 Å². The van der Waals surface area contributed by atoms with Crippen molar-refractivity contribution in [2.24, 2.45) is 0 Å². The van der Waals surface area contributed by atoms with Crippen molar-refractivity contribution in [3.8, 4) is 0 Å². The Morgan fingerprint density at radius 1 is 1.00 bits per heavy atom. The van der Waals surface area contributed by atoms with E-state index < -0.39 is 0 Å². The van der Waals surface area contributed by atoms with Crippen LogP contribution in [0.25, 0.3) is 0 Å². The number of hydrogen-bond donors (Lipinski definition) is 1. The van der Waals surface area contributed by atoms with Crippen molar-refractivity contribution in [3.05, 3.63) is 65.7 Å². The molecule has 1 N–H and O–H groups in total. The van der Waals surface area contributed by atoms with Gasteiger partial charge in [0.1, 0.15) is 0 Å². The lowest BCUT2D eigenvalue weighted by atomic mass is 10.1. The predicted molar refractivity (Wildman–Crippen MR) is 89.5 cm³/mol. The van der Waals surface area contributed by atoms with Crippen LogP contribution < -0.4 is 5.32 Å². The second-order valence-corrected chi connectivity index (χ2v) is 6.63. The third-order valence-corrected chi connectivity index (χ3v) is 4.47. The SMILES string of the molecule is Cc1ccc(S[C@H](C)C(=O)N[C@H](C)c2ccccc2)cc1. The molecule has 0 aliphatic heterocycles. The molecule has 2 aromatic carbocycles. The van der Waals surface area contributed by atoms with Crippen molar-refractivity contribution in [3.63, 3.8) is 0 Å². The van der Waals surface area contributed by atoms with E-state index in [0.29, 0.717) is 0 Å². The van der Waals surface area contributed by atoms with Gasteiger partial charge in [-0.2, -0.15) is 0 Å². The van der Waals surface area contributed by atoms with E-state index in [2.05, 4.69) is 36.5 Å². The number of rotatable bonds is 5. The number of nitrogens with one attached hydrogen (secondary N) is 1. The molecular formula is C18H21NOS. The summed E-state index contributed by atoms with van der Waals surface area (Å²) in [5.74, 6) is 0.0666. The lowest BCUT2D eigenvalue weighted by Crippen LogP contribution is -2.33. The molecule has 0 saturated carbocycles. The average Bonchev–Trinajstić information content (AvgIpc) is 2.50. The lowest BCUT2D eigenvalue weighted by Gasteiger charge is -2.17. The van der Waals surface area contributed by atoms with Crippen LogP contribution in [0.4, 0.5) is 0 Å². The van der Waals surface area contributed by atoms with Crippen LogP contribution in [0.3, 0.4) is 0 Å². The number of carbonyl (C=O) groups excluding carboxylic acids is 1. The molecule has 110 valence electrons. The fraction of sp³-hybridized carbons (Fsp3) is 0.278. The van der Waals surface area contributed by atoms with E-state index in [9.17, 15) is 4.79 Å². The first kappa shape index (κ1) is 15.6. The maximum absolute atomic E-state index is 12.3. The van der Waals surface area contributed by atoms with Gasteiger partial charge >= 0.3 is 0 Å². The molecule has 0 spiro atoms. The summed E-state index contributed by atoms with van der Waals surface area (Å²) >= 11 is 1.59. The minimum Gasteiger partial charge on any atom is -0.349 e. The maximum Gasteiger partial charge on any atom is 0.233 e. The molecule has 2 nitrogen and oxygen atoms in total. The summed E-state index contributed by atoms with van der Waals surface area (Å²) in [7, 11) is 0. The highest BCUT2D eigenvalue weighted by Gasteiger charge is 2.17. The Kier molecular flexibility index (Phi) is 5.45. The fourth-order valence-electron chi connectivity index (χ4n) is 2.03. The third kappa shape index (κ3) is 4.64. The Labute approximate surface area is 131 Å². The Bertz CT molecular complexity index is 580. The van der Waals surface area contributed by atoms with Crippen molar-refractivity contribution in [2.45, 2.75) is 37.0 Å². The third-order valence-electron chi connectivity index (χ3n) is 3.36. The van der Waals surface area contributed by atoms with Gasteiger partial charge in [0.2, 0.25) is 5.91 Å². The van der Waals surface area contributed by atoms with E-state index in [4.69, 9.17) is 0 Å². The maximum atomic E-state index is 12.3. The number of aryl methyl sites for hydroxylation is 1. The molecule has 21 heavy (non-hydrogen) atoms. The number of thioether (sulfide) groups is 1. The van der Waals surface area contributed by atoms with Gasteiger partial charge in [0, 0.05) is 4.90 Å². The van der Waals surface area contributed by atoms with E-state index >= 15 is 0 Å². The minimum absolute atomic E-state index is 0.0276. The van der Waals surface area contributed by atoms with E-state index in [0.717, 1.165) is 10.5 Å². The minimum atomic E-state index is -0.112. The van der Waals surface area contributed by atoms with Crippen LogP contribution in [0.1, 0.15) is 31.0 Å². The predicted octanol–water partition coefficient (Wildman–Crippen LogP) is 4.35. The topological polar surface area (TPSA) is 29.1 Å². The van der Waals surface area contributed by atoms with Crippen LogP contribution in [-0.2, 0) is 4.79 Å². The Balaban J connectivity index is 1.92. The molecule has 0 aliphatic rings. The highest BCUT2D eigenvalue weighted by molar-refractivity contribution is 8.00. The molecule has 2 rings (SSSR count). The van der Waals surface area contributed by atoms with Gasteiger partial charge in [-0.3, -0.25) is 4.79 Å². The molecular weight excluding hydrogens is 278 g/mol. The van der Waals surface area contributed by atoms with Gasteiger partial charge in [0.05, 0.1) is 11.3 Å². The van der Waals surface area contributed by atoms with Gasteiger partial charge in [-0.25, -0.2) is 0 Å². The van der Waals surface area contributed by atoms with Crippen molar-refractivity contribution in [1.82, 2.24) is 5.32 Å². The molecule has 0 heterocycles. The normalized spacial score (nSPS) is 13.5. The second kappa shape index (κ2) is 7.32. The van der Waals surface area contributed by atoms with Crippen molar-refractivity contribution < 1.29 is 4.79 Å². The molecule has 3 heteroatoms. The summed E-state index contributed by atoms with van der Waals surface area (Å²) < 4.78 is 0.